The van der Waals surface area contributed by atoms with E-state index in [0.29, 0.717) is 12.3 Å². The third-order valence-electron chi connectivity index (χ3n) is 3.39. The summed E-state index contributed by atoms with van der Waals surface area (Å²) in [6, 6.07) is 0.383. The average molecular weight is 197 g/mol. The first-order valence-corrected chi connectivity index (χ1v) is 5.53. The summed E-state index contributed by atoms with van der Waals surface area (Å²) < 4.78 is 0. The Morgan fingerprint density at radius 2 is 1.93 bits per heavy atom. The summed E-state index contributed by atoms with van der Waals surface area (Å²) in [6.07, 6.45) is 3.72. The lowest BCUT2D eigenvalue weighted by molar-refractivity contribution is -0.124. The van der Waals surface area contributed by atoms with Crippen molar-refractivity contribution in [3.63, 3.8) is 0 Å². The van der Waals surface area contributed by atoms with Crippen LogP contribution in [0.1, 0.15) is 25.7 Å². The summed E-state index contributed by atoms with van der Waals surface area (Å²) >= 11 is 0. The number of piperidine rings is 2. The zero-order valence-electron chi connectivity index (χ0n) is 8.46. The van der Waals surface area contributed by atoms with Crippen molar-refractivity contribution in [2.75, 3.05) is 13.1 Å². The largest absolute Gasteiger partial charge is 0.352 e. The lowest BCUT2D eigenvalue weighted by atomic mass is 9.83. The second-order valence-electron chi connectivity index (χ2n) is 4.38. The highest BCUT2D eigenvalue weighted by atomic mass is 16.1. The maximum Gasteiger partial charge on any atom is 0.220 e. The molecular weight excluding hydrogens is 178 g/mol. The molecule has 0 aromatic heterocycles. The number of hydrogen-bond acceptors (Lipinski definition) is 3. The van der Waals surface area contributed by atoms with Gasteiger partial charge in [-0.2, -0.15) is 0 Å². The van der Waals surface area contributed by atoms with Crippen LogP contribution in [0, 0.1) is 5.92 Å². The van der Waals surface area contributed by atoms with Gasteiger partial charge < -0.3 is 16.4 Å². The van der Waals surface area contributed by atoms with Gasteiger partial charge in [-0.3, -0.25) is 4.79 Å². The zero-order valence-corrected chi connectivity index (χ0v) is 8.46. The molecule has 0 aromatic rings. The molecule has 2 saturated heterocycles. The highest BCUT2D eigenvalue weighted by Gasteiger charge is 2.32. The van der Waals surface area contributed by atoms with Gasteiger partial charge in [0.05, 0.1) is 0 Å². The first-order valence-electron chi connectivity index (χ1n) is 5.53. The van der Waals surface area contributed by atoms with E-state index in [1.54, 1.807) is 0 Å². The fourth-order valence-electron chi connectivity index (χ4n) is 2.51. The van der Waals surface area contributed by atoms with Crippen LogP contribution in [-0.4, -0.2) is 31.1 Å². The van der Waals surface area contributed by atoms with Crippen LogP contribution in [0.15, 0.2) is 0 Å². The first kappa shape index (κ1) is 9.93. The number of hydrogen-bond donors (Lipinski definition) is 3. The number of carbonyl (C=O) groups excluding carboxylic acids is 1. The molecular formula is C10H19N3O. The predicted octanol–water partition coefficient (Wildman–Crippen LogP) is -0.408. The second kappa shape index (κ2) is 4.28. The van der Waals surface area contributed by atoms with Crippen molar-refractivity contribution in [1.82, 2.24) is 10.6 Å². The number of rotatable bonds is 1. The van der Waals surface area contributed by atoms with Gasteiger partial charge in [-0.1, -0.05) is 0 Å². The van der Waals surface area contributed by atoms with Gasteiger partial charge in [0.2, 0.25) is 5.91 Å². The molecule has 0 spiro atoms. The lowest BCUT2D eigenvalue weighted by Gasteiger charge is -2.37. The van der Waals surface area contributed by atoms with E-state index in [9.17, 15) is 4.79 Å². The molecule has 0 radical (unpaired) electrons. The van der Waals surface area contributed by atoms with E-state index in [2.05, 4.69) is 10.6 Å². The normalized spacial score (nSPS) is 35.4. The minimum absolute atomic E-state index is 0.163. The van der Waals surface area contributed by atoms with Crippen molar-refractivity contribution in [1.29, 1.82) is 0 Å². The third kappa shape index (κ3) is 2.07. The van der Waals surface area contributed by atoms with Crippen molar-refractivity contribution in [3.8, 4) is 0 Å². The molecule has 0 aliphatic carbocycles. The van der Waals surface area contributed by atoms with Crippen molar-refractivity contribution in [3.05, 3.63) is 0 Å². The van der Waals surface area contributed by atoms with Gasteiger partial charge >= 0.3 is 0 Å². The smallest absolute Gasteiger partial charge is 0.220 e. The molecule has 2 aliphatic heterocycles. The number of amides is 1. The maximum absolute atomic E-state index is 11.3. The van der Waals surface area contributed by atoms with E-state index in [-0.39, 0.29) is 18.0 Å². The van der Waals surface area contributed by atoms with Gasteiger partial charge in [-0.05, 0) is 38.3 Å². The lowest BCUT2D eigenvalue weighted by Crippen LogP contribution is -2.57. The molecule has 4 N–H and O–H groups in total. The van der Waals surface area contributed by atoms with Crippen molar-refractivity contribution < 1.29 is 4.79 Å². The molecule has 0 aromatic carbocycles. The number of carbonyl (C=O) groups is 1. The highest BCUT2D eigenvalue weighted by molar-refractivity contribution is 5.77. The number of nitrogens with two attached hydrogens (primary N) is 1. The molecule has 2 fully saturated rings. The summed E-state index contributed by atoms with van der Waals surface area (Å²) in [5.41, 5.74) is 6.04. The van der Waals surface area contributed by atoms with Crippen LogP contribution in [0.5, 0.6) is 0 Å². The third-order valence-corrected chi connectivity index (χ3v) is 3.39. The number of nitrogens with one attached hydrogen (secondary N) is 2. The first-order chi connectivity index (χ1) is 6.77. The molecule has 2 heterocycles. The molecule has 4 heteroatoms. The highest BCUT2D eigenvalue weighted by Crippen LogP contribution is 2.22. The zero-order chi connectivity index (χ0) is 9.97. The van der Waals surface area contributed by atoms with E-state index >= 15 is 0 Å². The monoisotopic (exact) mass is 197 g/mol. The SMILES string of the molecule is N[C@H]1CCC(=O)N[C@@H]1C1CCNCC1. The van der Waals surface area contributed by atoms with E-state index < -0.39 is 0 Å². The van der Waals surface area contributed by atoms with Crippen molar-refractivity contribution in [2.45, 2.75) is 37.8 Å². The Morgan fingerprint density at radius 1 is 1.21 bits per heavy atom. The Morgan fingerprint density at radius 3 is 2.64 bits per heavy atom. The summed E-state index contributed by atoms with van der Waals surface area (Å²) in [5, 5.41) is 6.37. The standard InChI is InChI=1S/C10H19N3O/c11-8-1-2-9(14)13-10(8)7-3-5-12-6-4-7/h7-8,10,12H,1-6,11H2,(H,13,14)/t8-,10+/m0/s1. The van der Waals surface area contributed by atoms with Gasteiger partial charge in [0.15, 0.2) is 0 Å². The minimum Gasteiger partial charge on any atom is -0.352 e. The van der Waals surface area contributed by atoms with Crippen molar-refractivity contribution >= 4 is 5.91 Å². The van der Waals surface area contributed by atoms with Gasteiger partial charge in [0.1, 0.15) is 0 Å². The summed E-state index contributed by atoms with van der Waals surface area (Å²) in [4.78, 5) is 11.3. The molecule has 0 unspecified atom stereocenters. The van der Waals surface area contributed by atoms with Crippen LogP contribution < -0.4 is 16.4 Å². The summed E-state index contributed by atoms with van der Waals surface area (Å²) in [6.45, 7) is 2.12. The van der Waals surface area contributed by atoms with Gasteiger partial charge in [0, 0.05) is 18.5 Å². The van der Waals surface area contributed by atoms with Crippen LogP contribution in [0.4, 0.5) is 0 Å². The molecule has 2 atom stereocenters. The van der Waals surface area contributed by atoms with E-state index in [0.717, 1.165) is 32.4 Å². The minimum atomic E-state index is 0.163. The molecule has 4 nitrogen and oxygen atoms in total. The Hall–Kier alpha value is -0.610. The van der Waals surface area contributed by atoms with Crippen LogP contribution in [0.2, 0.25) is 0 Å². The molecule has 2 rings (SSSR count). The van der Waals surface area contributed by atoms with Gasteiger partial charge in [0.25, 0.3) is 0 Å². The molecule has 2 aliphatic rings. The molecule has 1 amide bonds. The molecule has 14 heavy (non-hydrogen) atoms. The molecule has 80 valence electrons. The Labute approximate surface area is 84.6 Å². The Bertz CT molecular complexity index is 213. The second-order valence-corrected chi connectivity index (χ2v) is 4.38. The van der Waals surface area contributed by atoms with Gasteiger partial charge in [-0.15, -0.1) is 0 Å². The van der Waals surface area contributed by atoms with Gasteiger partial charge in [-0.25, -0.2) is 0 Å². The quantitative estimate of drug-likeness (QED) is 0.535. The molecule has 0 saturated carbocycles. The maximum atomic E-state index is 11.3. The predicted molar refractivity (Wildman–Crippen MR) is 54.7 cm³/mol. The fourth-order valence-corrected chi connectivity index (χ4v) is 2.51. The van der Waals surface area contributed by atoms with Crippen LogP contribution in [0.3, 0.4) is 0 Å². The molecule has 0 bridgehead atoms. The summed E-state index contributed by atoms with van der Waals surface area (Å²) in [7, 11) is 0. The summed E-state index contributed by atoms with van der Waals surface area (Å²) in [5.74, 6) is 0.755. The van der Waals surface area contributed by atoms with Crippen LogP contribution in [0.25, 0.3) is 0 Å². The Kier molecular flexibility index (Phi) is 3.03. The van der Waals surface area contributed by atoms with Crippen LogP contribution in [-0.2, 0) is 4.79 Å². The van der Waals surface area contributed by atoms with E-state index in [1.807, 2.05) is 0 Å². The van der Waals surface area contributed by atoms with Crippen molar-refractivity contribution in [2.24, 2.45) is 11.7 Å². The fraction of sp³-hybridized carbons (Fsp3) is 0.900. The average Bonchev–Trinajstić information content (AvgIpc) is 2.23. The van der Waals surface area contributed by atoms with E-state index in [1.165, 1.54) is 0 Å². The Balaban J connectivity index is 1.95. The van der Waals surface area contributed by atoms with Crippen LogP contribution >= 0.6 is 0 Å². The van der Waals surface area contributed by atoms with E-state index in [4.69, 9.17) is 5.73 Å². The topological polar surface area (TPSA) is 67.2 Å².